The van der Waals surface area contributed by atoms with E-state index in [9.17, 15) is 0 Å². The van der Waals surface area contributed by atoms with Crippen molar-refractivity contribution in [1.82, 2.24) is 5.32 Å². The monoisotopic (exact) mass is 252 g/mol. The number of benzene rings is 1. The second-order valence-electron chi connectivity index (χ2n) is 4.86. The van der Waals surface area contributed by atoms with E-state index in [-0.39, 0.29) is 12.4 Å². The number of hydrogen-bond donors (Lipinski definition) is 1. The van der Waals surface area contributed by atoms with Crippen molar-refractivity contribution in [1.29, 1.82) is 0 Å². The Bertz CT molecular complexity index is 372. The lowest BCUT2D eigenvalue weighted by atomic mass is 9.90. The number of hydrogen-bond acceptors (Lipinski definition) is 2. The Kier molecular flexibility index (Phi) is 4.30. The second kappa shape index (κ2) is 5.74. The van der Waals surface area contributed by atoms with E-state index >= 15 is 0 Å². The number of nitrogens with zero attached hydrogens (tertiary/aromatic N) is 1. The van der Waals surface area contributed by atoms with Gasteiger partial charge in [0.1, 0.15) is 0 Å². The molecule has 2 aliphatic rings. The first kappa shape index (κ1) is 12.7. The fourth-order valence-corrected chi connectivity index (χ4v) is 2.96. The third kappa shape index (κ3) is 2.58. The van der Waals surface area contributed by atoms with Crippen LogP contribution in [0.5, 0.6) is 0 Å². The Morgan fingerprint density at radius 3 is 2.59 bits per heavy atom. The molecule has 1 aromatic rings. The Hall–Kier alpha value is -0.730. The summed E-state index contributed by atoms with van der Waals surface area (Å²) in [4.78, 5) is 2.56. The standard InChI is InChI=1S/C14H20N2.ClH/c1-2-6-13-12(4-1)5-3-7-14(13)16-10-8-15-9-11-16;/h3,5,7,15H,1-2,4,6,8-11H2;1H. The number of piperazine rings is 1. The molecule has 1 aliphatic carbocycles. The first-order valence-electron chi connectivity index (χ1n) is 6.51. The summed E-state index contributed by atoms with van der Waals surface area (Å²) in [5.74, 6) is 0. The average Bonchev–Trinajstić information content (AvgIpc) is 2.39. The SMILES string of the molecule is Cl.c1cc2c(c(N3CCNCC3)c1)CCCC2. The normalized spacial score (nSPS) is 19.4. The fourth-order valence-electron chi connectivity index (χ4n) is 2.96. The van der Waals surface area contributed by atoms with E-state index < -0.39 is 0 Å². The first-order valence-corrected chi connectivity index (χ1v) is 6.51. The lowest BCUT2D eigenvalue weighted by molar-refractivity contribution is 0.584. The summed E-state index contributed by atoms with van der Waals surface area (Å²) >= 11 is 0. The van der Waals surface area contributed by atoms with Crippen LogP contribution >= 0.6 is 12.4 Å². The Morgan fingerprint density at radius 2 is 1.76 bits per heavy atom. The quantitative estimate of drug-likeness (QED) is 0.826. The molecule has 1 fully saturated rings. The fraction of sp³-hybridized carbons (Fsp3) is 0.571. The number of aryl methyl sites for hydroxylation is 1. The van der Waals surface area contributed by atoms with Crippen molar-refractivity contribution < 1.29 is 0 Å². The maximum atomic E-state index is 3.42. The zero-order chi connectivity index (χ0) is 10.8. The van der Waals surface area contributed by atoms with Crippen LogP contribution in [0.1, 0.15) is 24.0 Å². The summed E-state index contributed by atoms with van der Waals surface area (Å²) in [5, 5.41) is 3.42. The molecule has 0 amide bonds. The largest absolute Gasteiger partial charge is 0.369 e. The summed E-state index contributed by atoms with van der Waals surface area (Å²) in [5.41, 5.74) is 4.75. The molecule has 1 N–H and O–H groups in total. The third-order valence-electron chi connectivity index (χ3n) is 3.83. The molecular formula is C14H21ClN2. The van der Waals surface area contributed by atoms with Crippen molar-refractivity contribution in [3.05, 3.63) is 29.3 Å². The second-order valence-corrected chi connectivity index (χ2v) is 4.86. The average molecular weight is 253 g/mol. The van der Waals surface area contributed by atoms with Gasteiger partial charge in [0.15, 0.2) is 0 Å². The van der Waals surface area contributed by atoms with Gasteiger partial charge in [0, 0.05) is 31.9 Å². The summed E-state index contributed by atoms with van der Waals surface area (Å²) in [6.07, 6.45) is 5.32. The van der Waals surface area contributed by atoms with Crippen LogP contribution in [0.3, 0.4) is 0 Å². The molecule has 0 unspecified atom stereocenters. The molecule has 0 bridgehead atoms. The lowest BCUT2D eigenvalue weighted by Crippen LogP contribution is -2.44. The van der Waals surface area contributed by atoms with Gasteiger partial charge in [-0.2, -0.15) is 0 Å². The smallest absolute Gasteiger partial charge is 0.0402 e. The van der Waals surface area contributed by atoms with Crippen LogP contribution in [-0.4, -0.2) is 26.2 Å². The van der Waals surface area contributed by atoms with Crippen molar-refractivity contribution in [3.8, 4) is 0 Å². The maximum Gasteiger partial charge on any atom is 0.0402 e. The molecule has 3 heteroatoms. The first-order chi connectivity index (χ1) is 7.95. The van der Waals surface area contributed by atoms with Crippen molar-refractivity contribution in [2.45, 2.75) is 25.7 Å². The number of anilines is 1. The van der Waals surface area contributed by atoms with E-state index in [0.717, 1.165) is 26.2 Å². The summed E-state index contributed by atoms with van der Waals surface area (Å²) in [6.45, 7) is 4.58. The zero-order valence-electron chi connectivity index (χ0n) is 10.2. The molecule has 17 heavy (non-hydrogen) atoms. The van der Waals surface area contributed by atoms with Crippen LogP contribution in [-0.2, 0) is 12.8 Å². The van der Waals surface area contributed by atoms with E-state index in [1.165, 1.54) is 31.4 Å². The van der Waals surface area contributed by atoms with E-state index in [1.54, 1.807) is 11.1 Å². The highest BCUT2D eigenvalue weighted by Crippen LogP contribution is 2.30. The van der Waals surface area contributed by atoms with Crippen LogP contribution in [0.4, 0.5) is 5.69 Å². The summed E-state index contributed by atoms with van der Waals surface area (Å²) in [6, 6.07) is 6.87. The van der Waals surface area contributed by atoms with Crippen LogP contribution in [0, 0.1) is 0 Å². The molecule has 94 valence electrons. The topological polar surface area (TPSA) is 15.3 Å². The van der Waals surface area contributed by atoms with E-state index in [4.69, 9.17) is 0 Å². The Morgan fingerprint density at radius 1 is 1.00 bits per heavy atom. The van der Waals surface area contributed by atoms with E-state index in [0.29, 0.717) is 0 Å². The van der Waals surface area contributed by atoms with Gasteiger partial charge < -0.3 is 10.2 Å². The van der Waals surface area contributed by atoms with E-state index in [1.807, 2.05) is 0 Å². The van der Waals surface area contributed by atoms with Gasteiger partial charge >= 0.3 is 0 Å². The number of rotatable bonds is 1. The molecular weight excluding hydrogens is 232 g/mol. The molecule has 0 aromatic heterocycles. The molecule has 1 heterocycles. The van der Waals surface area contributed by atoms with Gasteiger partial charge in [-0.25, -0.2) is 0 Å². The van der Waals surface area contributed by atoms with Crippen molar-refractivity contribution in [2.75, 3.05) is 31.1 Å². The highest BCUT2D eigenvalue weighted by molar-refractivity contribution is 5.85. The molecule has 1 aliphatic heterocycles. The van der Waals surface area contributed by atoms with Crippen molar-refractivity contribution in [2.24, 2.45) is 0 Å². The van der Waals surface area contributed by atoms with Gasteiger partial charge in [-0.05, 0) is 42.9 Å². The summed E-state index contributed by atoms with van der Waals surface area (Å²) < 4.78 is 0. The molecule has 2 nitrogen and oxygen atoms in total. The Labute approximate surface area is 110 Å². The minimum Gasteiger partial charge on any atom is -0.369 e. The van der Waals surface area contributed by atoms with E-state index in [2.05, 4.69) is 28.4 Å². The van der Waals surface area contributed by atoms with Crippen LogP contribution in [0.15, 0.2) is 18.2 Å². The molecule has 0 radical (unpaired) electrons. The van der Waals surface area contributed by atoms with Gasteiger partial charge in [0.2, 0.25) is 0 Å². The highest BCUT2D eigenvalue weighted by Gasteiger charge is 2.18. The van der Waals surface area contributed by atoms with Crippen LogP contribution < -0.4 is 10.2 Å². The third-order valence-corrected chi connectivity index (χ3v) is 3.83. The van der Waals surface area contributed by atoms with Gasteiger partial charge in [0.25, 0.3) is 0 Å². The predicted molar refractivity (Wildman–Crippen MR) is 75.4 cm³/mol. The lowest BCUT2D eigenvalue weighted by Gasteiger charge is -2.33. The molecule has 3 rings (SSSR count). The predicted octanol–water partition coefficient (Wildman–Crippen LogP) is 2.40. The van der Waals surface area contributed by atoms with Crippen molar-refractivity contribution in [3.63, 3.8) is 0 Å². The maximum absolute atomic E-state index is 3.42. The van der Waals surface area contributed by atoms with Crippen LogP contribution in [0.2, 0.25) is 0 Å². The number of fused-ring (bicyclic) bond motifs is 1. The van der Waals surface area contributed by atoms with Crippen LogP contribution in [0.25, 0.3) is 0 Å². The molecule has 1 aromatic carbocycles. The van der Waals surface area contributed by atoms with Gasteiger partial charge in [-0.15, -0.1) is 12.4 Å². The molecule has 0 atom stereocenters. The Balaban J connectivity index is 0.00000108. The number of halogens is 1. The van der Waals surface area contributed by atoms with Gasteiger partial charge in [0.05, 0.1) is 0 Å². The minimum atomic E-state index is 0. The van der Waals surface area contributed by atoms with Gasteiger partial charge in [-0.3, -0.25) is 0 Å². The zero-order valence-corrected chi connectivity index (χ0v) is 11.1. The number of nitrogens with one attached hydrogen (secondary N) is 1. The summed E-state index contributed by atoms with van der Waals surface area (Å²) in [7, 11) is 0. The molecule has 0 spiro atoms. The minimum absolute atomic E-state index is 0. The molecule has 1 saturated heterocycles. The van der Waals surface area contributed by atoms with Gasteiger partial charge in [-0.1, -0.05) is 12.1 Å². The highest BCUT2D eigenvalue weighted by atomic mass is 35.5. The molecule has 0 saturated carbocycles. The van der Waals surface area contributed by atoms with Crippen molar-refractivity contribution >= 4 is 18.1 Å².